The molecule has 6 nitrogen and oxygen atoms in total. The largest absolute Gasteiger partial charge is 0.399 e. The van der Waals surface area contributed by atoms with Crippen molar-refractivity contribution in [2.45, 2.75) is 25.7 Å². The van der Waals surface area contributed by atoms with E-state index in [9.17, 15) is 17.6 Å². The zero-order valence-corrected chi connectivity index (χ0v) is 12.3. The van der Waals surface area contributed by atoms with Crippen molar-refractivity contribution in [3.05, 3.63) is 23.5 Å². The van der Waals surface area contributed by atoms with E-state index in [1.54, 1.807) is 0 Å². The maximum absolute atomic E-state index is 13.5. The molecule has 112 valence electrons. The van der Waals surface area contributed by atoms with Gasteiger partial charge in [0.1, 0.15) is 5.82 Å². The van der Waals surface area contributed by atoms with Gasteiger partial charge >= 0.3 is 0 Å². The van der Waals surface area contributed by atoms with E-state index in [-0.39, 0.29) is 22.7 Å². The molecule has 0 atom stereocenters. The smallest absolute Gasteiger partial charge is 0.241 e. The van der Waals surface area contributed by atoms with Gasteiger partial charge in [-0.1, -0.05) is 0 Å². The lowest BCUT2D eigenvalue weighted by atomic mass is 9.93. The average Bonchev–Trinajstić information content (AvgIpc) is 2.31. The van der Waals surface area contributed by atoms with E-state index in [1.165, 1.54) is 20.8 Å². The Kier molecular flexibility index (Phi) is 4.40. The molecule has 0 aliphatic carbocycles. The molecule has 1 amide bonds. The van der Waals surface area contributed by atoms with E-state index in [2.05, 4.69) is 4.72 Å². The molecule has 5 N–H and O–H groups in total. The molecule has 8 heteroatoms. The van der Waals surface area contributed by atoms with Crippen LogP contribution in [0.5, 0.6) is 0 Å². The number of anilines is 1. The number of carbonyl (C=O) groups is 1. The fourth-order valence-corrected chi connectivity index (χ4v) is 2.89. The number of halogens is 1. The predicted molar refractivity (Wildman–Crippen MR) is 73.7 cm³/mol. The van der Waals surface area contributed by atoms with Gasteiger partial charge in [0.2, 0.25) is 15.9 Å². The molecule has 0 unspecified atom stereocenters. The van der Waals surface area contributed by atoms with Crippen LogP contribution in [0.3, 0.4) is 0 Å². The van der Waals surface area contributed by atoms with Crippen molar-refractivity contribution in [1.29, 1.82) is 0 Å². The Bertz CT molecular complexity index is 642. The second-order valence-electron chi connectivity index (χ2n) is 5.20. The normalized spacial score (nSPS) is 12.4. The number of nitrogens with one attached hydrogen (secondary N) is 1. The molecule has 0 saturated heterocycles. The van der Waals surface area contributed by atoms with E-state index in [1.807, 2.05) is 0 Å². The molecule has 1 rings (SSSR count). The minimum absolute atomic E-state index is 0.00244. The van der Waals surface area contributed by atoms with Crippen molar-refractivity contribution in [3.63, 3.8) is 0 Å². The Balaban J connectivity index is 3.10. The third kappa shape index (κ3) is 3.45. The quantitative estimate of drug-likeness (QED) is 0.687. The number of nitrogens with two attached hydrogens (primary N) is 2. The van der Waals surface area contributed by atoms with Gasteiger partial charge < -0.3 is 11.5 Å². The number of primary amides is 1. The SMILES string of the molecule is Cc1c(F)cc(N)cc1S(=O)(=O)NCC(C)(C)C(N)=O. The highest BCUT2D eigenvalue weighted by atomic mass is 32.2. The molecule has 0 heterocycles. The lowest BCUT2D eigenvalue weighted by Crippen LogP contribution is -2.42. The number of hydrogen-bond acceptors (Lipinski definition) is 4. The summed E-state index contributed by atoms with van der Waals surface area (Å²) < 4.78 is 40.1. The molecule has 0 aliphatic heterocycles. The van der Waals surface area contributed by atoms with Crippen LogP contribution in [-0.2, 0) is 14.8 Å². The van der Waals surface area contributed by atoms with Gasteiger partial charge in [-0.25, -0.2) is 17.5 Å². The Morgan fingerprint density at radius 3 is 2.45 bits per heavy atom. The number of amides is 1. The van der Waals surface area contributed by atoms with Gasteiger partial charge in [-0.05, 0) is 32.9 Å². The van der Waals surface area contributed by atoms with Gasteiger partial charge in [0.25, 0.3) is 0 Å². The van der Waals surface area contributed by atoms with Gasteiger partial charge in [0.05, 0.1) is 10.3 Å². The van der Waals surface area contributed by atoms with E-state index >= 15 is 0 Å². The second-order valence-corrected chi connectivity index (χ2v) is 6.93. The van der Waals surface area contributed by atoms with Crippen molar-refractivity contribution in [2.75, 3.05) is 12.3 Å². The molecule has 0 radical (unpaired) electrons. The van der Waals surface area contributed by atoms with Gasteiger partial charge in [-0.15, -0.1) is 0 Å². The van der Waals surface area contributed by atoms with Gasteiger partial charge in [0, 0.05) is 17.8 Å². The summed E-state index contributed by atoms with van der Waals surface area (Å²) in [6.45, 7) is 4.15. The van der Waals surface area contributed by atoms with Crippen LogP contribution in [0.1, 0.15) is 19.4 Å². The first kappa shape index (κ1) is 16.4. The average molecular weight is 303 g/mol. The summed E-state index contributed by atoms with van der Waals surface area (Å²) >= 11 is 0. The first-order chi connectivity index (χ1) is 8.97. The van der Waals surface area contributed by atoms with Crippen LogP contribution >= 0.6 is 0 Å². The second kappa shape index (κ2) is 5.37. The summed E-state index contributed by atoms with van der Waals surface area (Å²) in [5.74, 6) is -1.35. The zero-order valence-electron chi connectivity index (χ0n) is 11.5. The summed E-state index contributed by atoms with van der Waals surface area (Å²) in [7, 11) is -3.98. The molecule has 0 saturated carbocycles. The van der Waals surface area contributed by atoms with Crippen LogP contribution in [0, 0.1) is 18.2 Å². The molecule has 20 heavy (non-hydrogen) atoms. The predicted octanol–water partition coefficient (Wildman–Crippen LogP) is 0.506. The monoisotopic (exact) mass is 303 g/mol. The summed E-state index contributed by atoms with van der Waals surface area (Å²) in [5.41, 5.74) is 9.52. The highest BCUT2D eigenvalue weighted by Gasteiger charge is 2.28. The van der Waals surface area contributed by atoms with Crippen LogP contribution in [0.2, 0.25) is 0 Å². The van der Waals surface area contributed by atoms with Crippen molar-refractivity contribution in [2.24, 2.45) is 11.1 Å². The van der Waals surface area contributed by atoms with E-state index < -0.39 is 27.2 Å². The number of nitrogen functional groups attached to an aromatic ring is 1. The van der Waals surface area contributed by atoms with Crippen molar-refractivity contribution < 1.29 is 17.6 Å². The summed E-state index contributed by atoms with van der Waals surface area (Å²) in [6.07, 6.45) is 0. The Labute approximate surface area is 117 Å². The number of rotatable bonds is 5. The maximum atomic E-state index is 13.5. The molecule has 0 aliphatic rings. The molecular formula is C12H18FN3O3S. The molecule has 1 aromatic rings. The first-order valence-corrected chi connectivity index (χ1v) is 7.31. The first-order valence-electron chi connectivity index (χ1n) is 5.82. The van der Waals surface area contributed by atoms with Crippen molar-refractivity contribution >= 4 is 21.6 Å². The number of hydrogen-bond donors (Lipinski definition) is 3. The molecule has 0 aromatic heterocycles. The third-order valence-electron chi connectivity index (χ3n) is 2.98. The van der Waals surface area contributed by atoms with Crippen LogP contribution in [-0.4, -0.2) is 20.9 Å². The van der Waals surface area contributed by atoms with Crippen molar-refractivity contribution in [3.8, 4) is 0 Å². The number of sulfonamides is 1. The Morgan fingerprint density at radius 1 is 1.40 bits per heavy atom. The number of carbonyl (C=O) groups excluding carboxylic acids is 1. The molecule has 1 aromatic carbocycles. The van der Waals surface area contributed by atoms with Gasteiger partial charge in [-0.3, -0.25) is 4.79 Å². The lowest BCUT2D eigenvalue weighted by molar-refractivity contribution is -0.125. The zero-order chi connectivity index (χ0) is 15.7. The molecule has 0 bridgehead atoms. The van der Waals surface area contributed by atoms with E-state index in [0.717, 1.165) is 12.1 Å². The van der Waals surface area contributed by atoms with E-state index in [0.29, 0.717) is 0 Å². The fraction of sp³-hybridized carbons (Fsp3) is 0.417. The maximum Gasteiger partial charge on any atom is 0.241 e. The molecule has 0 spiro atoms. The Hall–Kier alpha value is -1.67. The lowest BCUT2D eigenvalue weighted by Gasteiger charge is -2.21. The summed E-state index contributed by atoms with van der Waals surface area (Å²) in [5, 5.41) is 0. The van der Waals surface area contributed by atoms with Crippen LogP contribution < -0.4 is 16.2 Å². The number of benzene rings is 1. The standard InChI is InChI=1S/C12H18FN3O3S/c1-7-9(13)4-8(14)5-10(7)20(18,19)16-6-12(2,3)11(15)17/h4-5,16H,6,14H2,1-3H3,(H2,15,17). The Morgan fingerprint density at radius 2 is 1.95 bits per heavy atom. The summed E-state index contributed by atoms with van der Waals surface area (Å²) in [6, 6.07) is 2.21. The third-order valence-corrected chi connectivity index (χ3v) is 4.51. The molecular weight excluding hydrogens is 285 g/mol. The van der Waals surface area contributed by atoms with Crippen LogP contribution in [0.25, 0.3) is 0 Å². The summed E-state index contributed by atoms with van der Waals surface area (Å²) in [4.78, 5) is 10.9. The highest BCUT2D eigenvalue weighted by Crippen LogP contribution is 2.22. The fourth-order valence-electron chi connectivity index (χ4n) is 1.39. The topological polar surface area (TPSA) is 115 Å². The van der Waals surface area contributed by atoms with Crippen LogP contribution in [0.15, 0.2) is 17.0 Å². The molecule has 0 fully saturated rings. The van der Waals surface area contributed by atoms with E-state index in [4.69, 9.17) is 11.5 Å². The highest BCUT2D eigenvalue weighted by molar-refractivity contribution is 7.89. The van der Waals surface area contributed by atoms with Crippen molar-refractivity contribution in [1.82, 2.24) is 4.72 Å². The van der Waals surface area contributed by atoms with Crippen LogP contribution in [0.4, 0.5) is 10.1 Å². The van der Waals surface area contributed by atoms with Gasteiger partial charge in [-0.2, -0.15) is 0 Å². The minimum atomic E-state index is -3.98. The minimum Gasteiger partial charge on any atom is -0.399 e. The van der Waals surface area contributed by atoms with Gasteiger partial charge in [0.15, 0.2) is 0 Å².